The monoisotopic (exact) mass is 375 g/mol. The molecule has 0 aliphatic carbocycles. The normalized spacial score (nSPS) is 10.5. The first-order valence-electron chi connectivity index (χ1n) is 7.13. The van der Waals surface area contributed by atoms with Crippen LogP contribution in [0, 0.1) is 5.82 Å². The minimum Gasteiger partial charge on any atom is -0.478 e. The third kappa shape index (κ3) is 3.70. The van der Waals surface area contributed by atoms with E-state index in [0.717, 1.165) is 17.4 Å². The minimum atomic E-state index is -1.17. The summed E-state index contributed by atoms with van der Waals surface area (Å²) in [6.45, 7) is 0. The molecule has 0 atom stereocenters. The second kappa shape index (κ2) is 7.04. The Bertz CT molecular complexity index is 953. The summed E-state index contributed by atoms with van der Waals surface area (Å²) in [4.78, 5) is 23.9. The predicted molar refractivity (Wildman–Crippen MR) is 96.1 cm³/mol. The van der Waals surface area contributed by atoms with Gasteiger partial charge in [-0.25, -0.2) is 9.18 Å². The molecular weight excluding hydrogens is 365 g/mol. The molecule has 3 rings (SSSR count). The second-order valence-electron chi connectivity index (χ2n) is 5.13. The van der Waals surface area contributed by atoms with Gasteiger partial charge in [0, 0.05) is 21.5 Å². The molecule has 3 aromatic rings. The summed E-state index contributed by atoms with van der Waals surface area (Å²) in [5.41, 5.74) is 1.24. The quantitative estimate of drug-likeness (QED) is 0.662. The topological polar surface area (TPSA) is 66.4 Å². The summed E-state index contributed by atoms with van der Waals surface area (Å²) in [5, 5.41) is 14.5. The molecule has 0 unspecified atom stereocenters. The Morgan fingerprint density at radius 3 is 2.48 bits per heavy atom. The van der Waals surface area contributed by atoms with Gasteiger partial charge in [0.1, 0.15) is 16.4 Å². The van der Waals surface area contributed by atoms with Gasteiger partial charge in [-0.2, -0.15) is 0 Å². The minimum absolute atomic E-state index is 0.0166. The summed E-state index contributed by atoms with van der Waals surface area (Å²) in [5.74, 6) is -2.29. The summed E-state index contributed by atoms with van der Waals surface area (Å²) < 4.78 is 13.2. The fraction of sp³-hybridized carbons (Fsp3) is 0. The fourth-order valence-electron chi connectivity index (χ4n) is 2.31. The maximum atomic E-state index is 13.2. The molecule has 25 heavy (non-hydrogen) atoms. The highest BCUT2D eigenvalue weighted by Gasteiger charge is 2.21. The standard InChI is InChI=1S/C18H11ClFNO3S/c19-12-6-4-10(5-7-12)14-9-25-17(15(14)18(23)24)21-16(22)11-2-1-3-13(20)8-11/h1-9H,(H,21,22)(H,23,24). The zero-order chi connectivity index (χ0) is 18.0. The van der Waals surface area contributed by atoms with E-state index in [0.29, 0.717) is 16.1 Å². The average Bonchev–Trinajstić information content (AvgIpc) is 2.99. The molecule has 0 radical (unpaired) electrons. The van der Waals surface area contributed by atoms with E-state index in [2.05, 4.69) is 5.32 Å². The molecule has 2 N–H and O–H groups in total. The lowest BCUT2D eigenvalue weighted by atomic mass is 10.0. The van der Waals surface area contributed by atoms with E-state index in [4.69, 9.17) is 11.6 Å². The van der Waals surface area contributed by atoms with Crippen molar-refractivity contribution in [1.82, 2.24) is 0 Å². The van der Waals surface area contributed by atoms with E-state index in [1.165, 1.54) is 18.2 Å². The van der Waals surface area contributed by atoms with Crippen molar-refractivity contribution in [3.05, 3.63) is 75.9 Å². The van der Waals surface area contributed by atoms with Gasteiger partial charge in [0.15, 0.2) is 0 Å². The van der Waals surface area contributed by atoms with Crippen LogP contribution in [0.2, 0.25) is 5.02 Å². The lowest BCUT2D eigenvalue weighted by Gasteiger charge is -2.06. The molecule has 0 fully saturated rings. The number of benzene rings is 2. The van der Waals surface area contributed by atoms with E-state index < -0.39 is 17.7 Å². The maximum Gasteiger partial charge on any atom is 0.339 e. The van der Waals surface area contributed by atoms with Crippen molar-refractivity contribution in [1.29, 1.82) is 0 Å². The van der Waals surface area contributed by atoms with Gasteiger partial charge in [0.25, 0.3) is 5.91 Å². The fourth-order valence-corrected chi connectivity index (χ4v) is 3.39. The highest BCUT2D eigenvalue weighted by atomic mass is 35.5. The highest BCUT2D eigenvalue weighted by molar-refractivity contribution is 7.15. The number of carbonyl (C=O) groups excluding carboxylic acids is 1. The van der Waals surface area contributed by atoms with Gasteiger partial charge >= 0.3 is 5.97 Å². The van der Waals surface area contributed by atoms with Crippen molar-refractivity contribution < 1.29 is 19.1 Å². The largest absolute Gasteiger partial charge is 0.478 e. The zero-order valence-corrected chi connectivity index (χ0v) is 14.2. The number of hydrogen-bond donors (Lipinski definition) is 2. The summed E-state index contributed by atoms with van der Waals surface area (Å²) in [7, 11) is 0. The summed E-state index contributed by atoms with van der Waals surface area (Å²) in [6, 6.07) is 11.9. The average molecular weight is 376 g/mol. The van der Waals surface area contributed by atoms with Crippen LogP contribution in [0.3, 0.4) is 0 Å². The Hall–Kier alpha value is -2.70. The number of thiophene rings is 1. The molecule has 0 saturated carbocycles. The van der Waals surface area contributed by atoms with Gasteiger partial charge in [0.05, 0.1) is 0 Å². The smallest absolute Gasteiger partial charge is 0.339 e. The van der Waals surface area contributed by atoms with E-state index in [9.17, 15) is 19.1 Å². The molecule has 0 bridgehead atoms. The molecule has 1 amide bonds. The van der Waals surface area contributed by atoms with Crippen LogP contribution in [0.1, 0.15) is 20.7 Å². The Labute approximate surface area is 151 Å². The van der Waals surface area contributed by atoms with Crippen LogP contribution in [0.15, 0.2) is 53.9 Å². The Morgan fingerprint density at radius 2 is 1.84 bits per heavy atom. The van der Waals surface area contributed by atoms with Gasteiger partial charge < -0.3 is 10.4 Å². The number of halogens is 2. The molecule has 2 aromatic carbocycles. The molecule has 4 nitrogen and oxygen atoms in total. The van der Waals surface area contributed by atoms with Crippen LogP contribution in [0.4, 0.5) is 9.39 Å². The maximum absolute atomic E-state index is 13.2. The van der Waals surface area contributed by atoms with Crippen molar-refractivity contribution >= 4 is 39.8 Å². The third-order valence-electron chi connectivity index (χ3n) is 3.47. The van der Waals surface area contributed by atoms with Crippen LogP contribution >= 0.6 is 22.9 Å². The van der Waals surface area contributed by atoms with Crippen LogP contribution in [0.5, 0.6) is 0 Å². The molecule has 0 spiro atoms. The summed E-state index contributed by atoms with van der Waals surface area (Å²) >= 11 is 6.95. The zero-order valence-electron chi connectivity index (χ0n) is 12.6. The van der Waals surface area contributed by atoms with Crippen LogP contribution in [-0.2, 0) is 0 Å². The molecule has 0 saturated heterocycles. The van der Waals surface area contributed by atoms with Gasteiger partial charge in [-0.1, -0.05) is 29.8 Å². The van der Waals surface area contributed by atoms with Crippen molar-refractivity contribution in [3.8, 4) is 11.1 Å². The Balaban J connectivity index is 1.96. The van der Waals surface area contributed by atoms with Gasteiger partial charge in [-0.05, 0) is 35.9 Å². The van der Waals surface area contributed by atoms with E-state index in [1.807, 2.05) is 0 Å². The molecule has 1 heterocycles. The van der Waals surface area contributed by atoms with Crippen molar-refractivity contribution in [2.75, 3.05) is 5.32 Å². The molecule has 1 aromatic heterocycles. The van der Waals surface area contributed by atoms with E-state index >= 15 is 0 Å². The first-order chi connectivity index (χ1) is 12.0. The number of amides is 1. The number of carbonyl (C=O) groups is 2. The summed E-state index contributed by atoms with van der Waals surface area (Å²) in [6.07, 6.45) is 0. The number of carboxylic acids is 1. The number of nitrogens with one attached hydrogen (secondary N) is 1. The van der Waals surface area contributed by atoms with Crippen LogP contribution in [-0.4, -0.2) is 17.0 Å². The van der Waals surface area contributed by atoms with Crippen LogP contribution < -0.4 is 5.32 Å². The number of rotatable bonds is 4. The number of carboxylic acid groups (broad SMARTS) is 1. The lowest BCUT2D eigenvalue weighted by molar-refractivity contribution is 0.0699. The first-order valence-corrected chi connectivity index (χ1v) is 8.39. The van der Waals surface area contributed by atoms with E-state index in [1.54, 1.807) is 29.6 Å². The van der Waals surface area contributed by atoms with Gasteiger partial charge in [0.2, 0.25) is 0 Å². The van der Waals surface area contributed by atoms with Crippen LogP contribution in [0.25, 0.3) is 11.1 Å². The molecular formula is C18H11ClFNO3S. The number of anilines is 1. The first kappa shape index (κ1) is 17.1. The van der Waals surface area contributed by atoms with Crippen molar-refractivity contribution in [3.63, 3.8) is 0 Å². The predicted octanol–water partition coefficient (Wildman–Crippen LogP) is 5.16. The third-order valence-corrected chi connectivity index (χ3v) is 4.62. The SMILES string of the molecule is O=C(Nc1scc(-c2ccc(Cl)cc2)c1C(=O)O)c1cccc(F)c1. The van der Waals surface area contributed by atoms with Gasteiger partial charge in [-0.15, -0.1) is 11.3 Å². The highest BCUT2D eigenvalue weighted by Crippen LogP contribution is 2.36. The molecule has 0 aliphatic heterocycles. The molecule has 126 valence electrons. The number of hydrogen-bond acceptors (Lipinski definition) is 3. The second-order valence-corrected chi connectivity index (χ2v) is 6.45. The Morgan fingerprint density at radius 1 is 1.12 bits per heavy atom. The van der Waals surface area contributed by atoms with E-state index in [-0.39, 0.29) is 16.1 Å². The van der Waals surface area contributed by atoms with Crippen molar-refractivity contribution in [2.45, 2.75) is 0 Å². The Kier molecular flexibility index (Phi) is 4.83. The lowest BCUT2D eigenvalue weighted by Crippen LogP contribution is -2.13. The molecule has 0 aliphatic rings. The van der Waals surface area contributed by atoms with Crippen molar-refractivity contribution in [2.24, 2.45) is 0 Å². The van der Waals surface area contributed by atoms with Gasteiger partial charge in [-0.3, -0.25) is 4.79 Å². The molecule has 7 heteroatoms. The number of aromatic carboxylic acids is 1.